The van der Waals surface area contributed by atoms with Gasteiger partial charge in [-0.3, -0.25) is 4.99 Å². The molecule has 0 aliphatic carbocycles. The Morgan fingerprint density at radius 1 is 1.11 bits per heavy atom. The van der Waals surface area contributed by atoms with Crippen LogP contribution in [-0.4, -0.2) is 24.2 Å². The summed E-state index contributed by atoms with van der Waals surface area (Å²) in [6, 6.07) is 0. The van der Waals surface area contributed by atoms with Gasteiger partial charge in [0.2, 0.25) is 0 Å². The van der Waals surface area contributed by atoms with Crippen molar-refractivity contribution in [3.63, 3.8) is 0 Å². The molecule has 48 valence electrons. The van der Waals surface area contributed by atoms with Crippen molar-refractivity contribution < 1.29 is 0 Å². The summed E-state index contributed by atoms with van der Waals surface area (Å²) >= 11 is 0. The Morgan fingerprint density at radius 3 is 2.67 bits per heavy atom. The highest BCUT2D eigenvalue weighted by atomic mass is 15.2. The molecule has 0 bridgehead atoms. The van der Waals surface area contributed by atoms with Crippen molar-refractivity contribution in [1.82, 2.24) is 0 Å². The van der Waals surface area contributed by atoms with E-state index in [1.54, 1.807) is 18.6 Å². The maximum absolute atomic E-state index is 4.13. The molecule has 0 saturated heterocycles. The standard InChI is InChI=1S/C6H9N3/c1-6(2)5-9-8-4-3-7-6/h3-5H,1-2H3. The molecule has 1 rings (SSSR count). The minimum Gasteiger partial charge on any atom is -0.280 e. The SMILES string of the molecule is CC1(C)C=NN=CC=N1. The summed E-state index contributed by atoms with van der Waals surface area (Å²) in [5, 5.41) is 7.40. The summed E-state index contributed by atoms with van der Waals surface area (Å²) < 4.78 is 0. The predicted octanol–water partition coefficient (Wildman–Crippen LogP) is 0.906. The van der Waals surface area contributed by atoms with Crippen molar-refractivity contribution >= 4 is 18.6 Å². The number of hydrogen-bond donors (Lipinski definition) is 0. The van der Waals surface area contributed by atoms with Crippen molar-refractivity contribution in [2.45, 2.75) is 19.4 Å². The van der Waals surface area contributed by atoms with Gasteiger partial charge in [0.25, 0.3) is 0 Å². The summed E-state index contributed by atoms with van der Waals surface area (Å²) in [6.45, 7) is 3.95. The van der Waals surface area contributed by atoms with Crippen LogP contribution in [0.25, 0.3) is 0 Å². The van der Waals surface area contributed by atoms with Crippen LogP contribution in [0.5, 0.6) is 0 Å². The van der Waals surface area contributed by atoms with E-state index in [9.17, 15) is 0 Å². The lowest BCUT2D eigenvalue weighted by atomic mass is 10.1. The molecule has 3 heteroatoms. The Balaban J connectivity index is 2.82. The Kier molecular flexibility index (Phi) is 1.42. The van der Waals surface area contributed by atoms with Crippen molar-refractivity contribution in [1.29, 1.82) is 0 Å². The van der Waals surface area contributed by atoms with Crippen LogP contribution in [0.4, 0.5) is 0 Å². The molecule has 0 fully saturated rings. The minimum absolute atomic E-state index is 0.184. The molecule has 0 amide bonds. The molecule has 0 atom stereocenters. The topological polar surface area (TPSA) is 37.1 Å². The van der Waals surface area contributed by atoms with Crippen molar-refractivity contribution in [2.24, 2.45) is 15.2 Å². The zero-order valence-corrected chi connectivity index (χ0v) is 5.57. The minimum atomic E-state index is -0.184. The van der Waals surface area contributed by atoms with Crippen LogP contribution in [-0.2, 0) is 0 Å². The zero-order valence-electron chi connectivity index (χ0n) is 5.57. The highest BCUT2D eigenvalue weighted by Crippen LogP contribution is 2.04. The van der Waals surface area contributed by atoms with E-state index in [1.165, 1.54) is 0 Å². The van der Waals surface area contributed by atoms with E-state index in [-0.39, 0.29) is 5.54 Å². The van der Waals surface area contributed by atoms with Gasteiger partial charge in [0.05, 0.1) is 18.0 Å². The molecule has 0 saturated carbocycles. The van der Waals surface area contributed by atoms with E-state index in [1.807, 2.05) is 13.8 Å². The Hall–Kier alpha value is -0.990. The van der Waals surface area contributed by atoms with Gasteiger partial charge in [0.1, 0.15) is 0 Å². The molecular weight excluding hydrogens is 114 g/mol. The maximum Gasteiger partial charge on any atom is 0.0920 e. The van der Waals surface area contributed by atoms with Gasteiger partial charge in [-0.15, -0.1) is 0 Å². The lowest BCUT2D eigenvalue weighted by molar-refractivity contribution is 0.721. The van der Waals surface area contributed by atoms with Crippen molar-refractivity contribution in [3.8, 4) is 0 Å². The van der Waals surface area contributed by atoms with Gasteiger partial charge >= 0.3 is 0 Å². The van der Waals surface area contributed by atoms with Crippen molar-refractivity contribution in [3.05, 3.63) is 0 Å². The third-order valence-corrected chi connectivity index (χ3v) is 0.981. The Morgan fingerprint density at radius 2 is 1.89 bits per heavy atom. The second kappa shape index (κ2) is 2.09. The molecule has 1 aliphatic rings. The molecule has 0 unspecified atom stereocenters. The molecule has 0 aromatic heterocycles. The van der Waals surface area contributed by atoms with Crippen LogP contribution >= 0.6 is 0 Å². The van der Waals surface area contributed by atoms with E-state index in [2.05, 4.69) is 15.2 Å². The third kappa shape index (κ3) is 1.76. The fraction of sp³-hybridized carbons (Fsp3) is 0.500. The maximum atomic E-state index is 4.13. The average molecular weight is 123 g/mol. The van der Waals surface area contributed by atoms with Crippen molar-refractivity contribution in [2.75, 3.05) is 0 Å². The van der Waals surface area contributed by atoms with E-state index < -0.39 is 0 Å². The van der Waals surface area contributed by atoms with E-state index in [0.717, 1.165) is 0 Å². The van der Waals surface area contributed by atoms with Gasteiger partial charge < -0.3 is 0 Å². The third-order valence-electron chi connectivity index (χ3n) is 0.981. The molecular formula is C6H9N3. The lowest BCUT2D eigenvalue weighted by Gasteiger charge is -2.09. The van der Waals surface area contributed by atoms with Crippen LogP contribution in [0.15, 0.2) is 15.2 Å². The van der Waals surface area contributed by atoms with Gasteiger partial charge in [0.15, 0.2) is 0 Å². The smallest absolute Gasteiger partial charge is 0.0920 e. The van der Waals surface area contributed by atoms with Crippen LogP contribution in [0, 0.1) is 0 Å². The van der Waals surface area contributed by atoms with Gasteiger partial charge in [-0.05, 0) is 13.8 Å². The van der Waals surface area contributed by atoms with Crippen LogP contribution in [0.3, 0.4) is 0 Å². The van der Waals surface area contributed by atoms with Gasteiger partial charge in [-0.2, -0.15) is 10.2 Å². The molecule has 0 spiro atoms. The highest BCUT2D eigenvalue weighted by Gasteiger charge is 2.11. The monoisotopic (exact) mass is 123 g/mol. The Bertz CT molecular complexity index is 159. The molecule has 0 aromatic carbocycles. The average Bonchev–Trinajstić information content (AvgIpc) is 1.92. The molecule has 1 heterocycles. The van der Waals surface area contributed by atoms with Gasteiger partial charge in [-0.25, -0.2) is 0 Å². The first-order chi connectivity index (χ1) is 4.21. The first-order valence-corrected chi connectivity index (χ1v) is 2.82. The highest BCUT2D eigenvalue weighted by molar-refractivity contribution is 6.16. The van der Waals surface area contributed by atoms with E-state index in [0.29, 0.717) is 0 Å². The fourth-order valence-corrected chi connectivity index (χ4v) is 0.502. The molecule has 3 nitrogen and oxygen atoms in total. The summed E-state index contributed by atoms with van der Waals surface area (Å²) in [7, 11) is 0. The summed E-state index contributed by atoms with van der Waals surface area (Å²) in [4.78, 5) is 4.13. The van der Waals surface area contributed by atoms with E-state index >= 15 is 0 Å². The number of aliphatic imine (C=N–C) groups is 1. The molecule has 0 aromatic rings. The van der Waals surface area contributed by atoms with Crippen LogP contribution < -0.4 is 0 Å². The summed E-state index contributed by atoms with van der Waals surface area (Å²) in [5.41, 5.74) is -0.184. The van der Waals surface area contributed by atoms with Gasteiger partial charge in [0, 0.05) is 6.21 Å². The molecule has 0 radical (unpaired) electrons. The van der Waals surface area contributed by atoms with Crippen LogP contribution in [0.1, 0.15) is 13.8 Å². The van der Waals surface area contributed by atoms with Gasteiger partial charge in [-0.1, -0.05) is 0 Å². The number of nitrogens with zero attached hydrogens (tertiary/aromatic N) is 3. The first-order valence-electron chi connectivity index (χ1n) is 2.82. The largest absolute Gasteiger partial charge is 0.280 e. The zero-order chi connectivity index (χ0) is 6.74. The van der Waals surface area contributed by atoms with Crippen LogP contribution in [0.2, 0.25) is 0 Å². The Labute approximate surface area is 54.2 Å². The summed E-state index contributed by atoms with van der Waals surface area (Å²) in [5.74, 6) is 0. The number of rotatable bonds is 0. The molecule has 9 heavy (non-hydrogen) atoms. The normalized spacial score (nSPS) is 22.0. The molecule has 1 aliphatic heterocycles. The van der Waals surface area contributed by atoms with E-state index in [4.69, 9.17) is 0 Å². The predicted molar refractivity (Wildman–Crippen MR) is 39.6 cm³/mol. The second-order valence-electron chi connectivity index (χ2n) is 2.44. The quantitative estimate of drug-likeness (QED) is 0.459. The first kappa shape index (κ1) is 6.13. The summed E-state index contributed by atoms with van der Waals surface area (Å²) in [6.07, 6.45) is 4.95. The number of hydrogen-bond acceptors (Lipinski definition) is 3. The fourth-order valence-electron chi connectivity index (χ4n) is 0.502. The lowest BCUT2D eigenvalue weighted by Crippen LogP contribution is -2.17. The molecule has 0 N–H and O–H groups in total. The second-order valence-corrected chi connectivity index (χ2v) is 2.44.